The van der Waals surface area contributed by atoms with Crippen molar-refractivity contribution in [1.29, 1.82) is 0 Å². The molecule has 2 atom stereocenters. The molecule has 13 nitrogen and oxygen atoms in total. The van der Waals surface area contributed by atoms with Gasteiger partial charge in [-0.2, -0.15) is 0 Å². The number of likely N-dealkylation sites (N-methyl/N-ethyl adjacent to an activating group) is 1. The highest BCUT2D eigenvalue weighted by molar-refractivity contribution is 8.76. The summed E-state index contributed by atoms with van der Waals surface area (Å²) in [5, 5.41) is 13.3. The Kier molecular flexibility index (Phi) is 18.8. The molecule has 0 aliphatic heterocycles. The number of fused-ring (bicyclic) bond motifs is 3. The number of benzene rings is 2. The van der Waals surface area contributed by atoms with Crippen LogP contribution in [-0.2, 0) is 32.3 Å². The molecule has 6 N–H and O–H groups in total. The number of nitrogens with zero attached hydrogens (tertiary/aromatic N) is 3. The number of amides is 3. The van der Waals surface area contributed by atoms with Crippen LogP contribution in [0.5, 0.6) is 0 Å². The van der Waals surface area contributed by atoms with Gasteiger partial charge in [0.05, 0.1) is 22.6 Å². The van der Waals surface area contributed by atoms with Crippen molar-refractivity contribution < 1.29 is 23.9 Å². The Bertz CT molecular complexity index is 1970. The summed E-state index contributed by atoms with van der Waals surface area (Å²) >= 11 is 0. The molecule has 2 aromatic heterocycles. The van der Waals surface area contributed by atoms with Gasteiger partial charge in [0.15, 0.2) is 5.82 Å². The maximum Gasteiger partial charge on any atom is 0.251 e. The number of Topliss-reactive ketones (excluding diaryl/α,β-unsaturated/α-hetero) is 1. The fourth-order valence-corrected chi connectivity index (χ4v) is 9.05. The lowest BCUT2D eigenvalue weighted by atomic mass is 10.0. The summed E-state index contributed by atoms with van der Waals surface area (Å²) in [7, 11) is 5.16. The highest BCUT2D eigenvalue weighted by Crippen LogP contribution is 2.38. The van der Waals surface area contributed by atoms with Gasteiger partial charge in [-0.3, -0.25) is 19.2 Å². The summed E-state index contributed by atoms with van der Waals surface area (Å²) in [5.41, 5.74) is 9.80. The number of unbranched alkanes of at least 4 members (excludes halogenated alkanes) is 3. The minimum atomic E-state index is -0.577. The van der Waals surface area contributed by atoms with Crippen LogP contribution in [0.3, 0.4) is 0 Å². The molecule has 15 heteroatoms. The molecule has 58 heavy (non-hydrogen) atoms. The van der Waals surface area contributed by atoms with E-state index in [1.807, 2.05) is 69.3 Å². The number of nitrogens with two attached hydrogens (primary N) is 1. The van der Waals surface area contributed by atoms with Crippen LogP contribution < -0.4 is 27.0 Å². The van der Waals surface area contributed by atoms with Crippen molar-refractivity contribution in [1.82, 2.24) is 35.8 Å². The molecule has 2 heterocycles. The second kappa shape index (κ2) is 23.4. The summed E-state index contributed by atoms with van der Waals surface area (Å²) < 4.78 is 7.84. The first kappa shape index (κ1) is 46.5. The molecular formula is C43H62N8O5S2. The molecule has 0 fully saturated rings. The number of hydrogen-bond acceptors (Lipinski definition) is 11. The van der Waals surface area contributed by atoms with Gasteiger partial charge in [-0.25, -0.2) is 9.97 Å². The predicted octanol–water partition coefficient (Wildman–Crippen LogP) is 6.88. The maximum absolute atomic E-state index is 13.0. The largest absolute Gasteiger partial charge is 0.382 e. The zero-order valence-electron chi connectivity index (χ0n) is 34.9. The van der Waals surface area contributed by atoms with E-state index < -0.39 is 5.54 Å². The number of nitrogens with one attached hydrogen (secondary N) is 4. The van der Waals surface area contributed by atoms with E-state index in [0.29, 0.717) is 68.3 Å². The van der Waals surface area contributed by atoms with Crippen LogP contribution in [0.15, 0.2) is 48.5 Å². The molecule has 0 aliphatic rings. The Hall–Kier alpha value is -4.18. The molecule has 316 valence electrons. The standard InChI is InChI=1S/C43H62N8O5S2/c1-7-56-27-36-49-39-40(33-15-10-11-17-35(33)48-41(39)44)51(36)28-43(4,5)50-38(54)18-9-8-13-24-46-37(53)23-26-57-58-30(3)31-19-21-32(22-20-31)42(55)47-25-14-12-16-34(45-6)29(2)52/h10-11,15,17,19-22,30,34,45H,7-9,12-14,16,18,23-28H2,1-6H3,(H2,44,48)(H,46,53)(H,47,55)(H,50,54). The first-order chi connectivity index (χ1) is 27.8. The lowest BCUT2D eigenvalue weighted by Crippen LogP contribution is -2.46. The summed E-state index contributed by atoms with van der Waals surface area (Å²) in [5.74, 6) is 1.83. The number of ether oxygens (including phenoxy) is 1. The third kappa shape index (κ3) is 14.3. The minimum Gasteiger partial charge on any atom is -0.382 e. The number of carbonyl (C=O) groups is 4. The molecule has 0 radical (unpaired) electrons. The van der Waals surface area contributed by atoms with Crippen molar-refractivity contribution in [3.63, 3.8) is 0 Å². The molecule has 0 spiro atoms. The van der Waals surface area contributed by atoms with Gasteiger partial charge in [-0.05, 0) is 97.5 Å². The van der Waals surface area contributed by atoms with Crippen LogP contribution in [0.4, 0.5) is 5.82 Å². The van der Waals surface area contributed by atoms with Crippen LogP contribution >= 0.6 is 21.6 Å². The van der Waals surface area contributed by atoms with Crippen molar-refractivity contribution >= 4 is 72.8 Å². The van der Waals surface area contributed by atoms with E-state index >= 15 is 0 Å². The number of nitrogen functional groups attached to an aromatic ring is 1. The molecule has 2 unspecified atom stereocenters. The van der Waals surface area contributed by atoms with Gasteiger partial charge in [-0.15, -0.1) is 0 Å². The van der Waals surface area contributed by atoms with Crippen molar-refractivity contribution in [3.8, 4) is 0 Å². The predicted molar refractivity (Wildman–Crippen MR) is 238 cm³/mol. The van der Waals surface area contributed by atoms with E-state index in [9.17, 15) is 19.2 Å². The zero-order valence-corrected chi connectivity index (χ0v) is 36.6. The highest BCUT2D eigenvalue weighted by atomic mass is 33.1. The van der Waals surface area contributed by atoms with Gasteiger partial charge in [0.2, 0.25) is 11.8 Å². The van der Waals surface area contributed by atoms with Crippen LogP contribution in [0.25, 0.3) is 21.9 Å². The second-order valence-electron chi connectivity index (χ2n) is 15.2. The van der Waals surface area contributed by atoms with Crippen molar-refractivity contribution in [2.45, 2.75) is 116 Å². The summed E-state index contributed by atoms with van der Waals surface area (Å²) in [6, 6.07) is 15.4. The molecule has 2 aromatic carbocycles. The average molecular weight is 835 g/mol. The third-order valence-electron chi connectivity index (χ3n) is 9.87. The smallest absolute Gasteiger partial charge is 0.251 e. The minimum absolute atomic E-state index is 0.0194. The fourth-order valence-electron chi connectivity index (χ4n) is 6.73. The number of anilines is 1. The first-order valence-electron chi connectivity index (χ1n) is 20.4. The number of ketones is 1. The van der Waals surface area contributed by atoms with Gasteiger partial charge in [-0.1, -0.05) is 58.3 Å². The average Bonchev–Trinajstić information content (AvgIpc) is 3.55. The maximum atomic E-state index is 13.0. The molecule has 4 rings (SSSR count). The number of rotatable bonds is 26. The molecule has 0 saturated heterocycles. The third-order valence-corrected chi connectivity index (χ3v) is 12.7. The fraction of sp³-hybridized carbons (Fsp3) is 0.535. The van der Waals surface area contributed by atoms with Gasteiger partial charge in [0.1, 0.15) is 23.7 Å². The SMILES string of the molecule is CCOCc1nc2c(N)nc3ccccc3c2n1CC(C)(C)NC(=O)CCCCCNC(=O)CCSSC(C)c1ccc(C(=O)NCCCCC(NC)C(C)=O)cc1. The molecule has 0 bridgehead atoms. The lowest BCUT2D eigenvalue weighted by Gasteiger charge is -2.28. The van der Waals surface area contributed by atoms with E-state index in [-0.39, 0.29) is 34.8 Å². The van der Waals surface area contributed by atoms with E-state index in [0.717, 1.165) is 66.3 Å². The Labute approximate surface area is 351 Å². The number of para-hydroxylation sites is 1. The second-order valence-corrected chi connectivity index (χ2v) is 18.0. The molecule has 4 aromatic rings. The summed E-state index contributed by atoms with van der Waals surface area (Å²) in [6.45, 7) is 12.2. The number of imidazole rings is 1. The quantitative estimate of drug-likeness (QED) is 0.0328. The highest BCUT2D eigenvalue weighted by Gasteiger charge is 2.26. The lowest BCUT2D eigenvalue weighted by molar-refractivity contribution is -0.123. The number of carbonyl (C=O) groups excluding carboxylic acids is 4. The van der Waals surface area contributed by atoms with E-state index in [1.54, 1.807) is 35.6 Å². The topological polar surface area (TPSA) is 182 Å². The first-order valence-corrected chi connectivity index (χ1v) is 22.7. The van der Waals surface area contributed by atoms with Gasteiger partial charge in [0, 0.05) is 61.0 Å². The molecule has 0 aliphatic carbocycles. The van der Waals surface area contributed by atoms with Crippen molar-refractivity contribution in [2.24, 2.45) is 0 Å². The molecule has 0 saturated carbocycles. The number of hydrogen-bond donors (Lipinski definition) is 5. The Balaban J connectivity index is 1.09. The van der Waals surface area contributed by atoms with Crippen LogP contribution in [0.1, 0.15) is 113 Å². The summed E-state index contributed by atoms with van der Waals surface area (Å²) in [6.07, 6.45) is 5.63. The van der Waals surface area contributed by atoms with Crippen LogP contribution in [0, 0.1) is 0 Å². The van der Waals surface area contributed by atoms with Crippen molar-refractivity contribution in [2.75, 3.05) is 38.2 Å². The normalized spacial score (nSPS) is 12.7. The molecule has 3 amide bonds. The van der Waals surface area contributed by atoms with E-state index in [1.165, 1.54) is 0 Å². The Morgan fingerprint density at radius 3 is 2.36 bits per heavy atom. The van der Waals surface area contributed by atoms with Crippen LogP contribution in [-0.4, -0.2) is 82.1 Å². The van der Waals surface area contributed by atoms with Gasteiger partial charge >= 0.3 is 0 Å². The van der Waals surface area contributed by atoms with Crippen LogP contribution in [0.2, 0.25) is 0 Å². The summed E-state index contributed by atoms with van der Waals surface area (Å²) in [4.78, 5) is 58.9. The zero-order chi connectivity index (χ0) is 42.1. The molecular weight excluding hydrogens is 773 g/mol. The van der Waals surface area contributed by atoms with Crippen molar-refractivity contribution in [3.05, 3.63) is 65.5 Å². The monoisotopic (exact) mass is 834 g/mol. The van der Waals surface area contributed by atoms with Gasteiger partial charge < -0.3 is 36.3 Å². The number of pyridine rings is 1. The van der Waals surface area contributed by atoms with Gasteiger partial charge in [0.25, 0.3) is 5.91 Å². The van der Waals surface area contributed by atoms with E-state index in [2.05, 4.69) is 37.7 Å². The van der Waals surface area contributed by atoms with E-state index in [4.69, 9.17) is 15.5 Å². The Morgan fingerprint density at radius 2 is 1.64 bits per heavy atom. The Morgan fingerprint density at radius 1 is 0.914 bits per heavy atom. The number of aromatic nitrogens is 3.